The van der Waals surface area contributed by atoms with E-state index in [1.54, 1.807) is 48.7 Å². The molecule has 1 fully saturated rings. The van der Waals surface area contributed by atoms with E-state index in [0.29, 0.717) is 23.2 Å². The normalized spacial score (nSPS) is 23.9. The summed E-state index contributed by atoms with van der Waals surface area (Å²) in [5, 5.41) is 43.1. The van der Waals surface area contributed by atoms with E-state index in [9.17, 15) is 30.0 Å². The molecule has 4 rings (SSSR count). The third-order valence-corrected chi connectivity index (χ3v) is 6.26. The number of carbonyl (C=O) groups excluding carboxylic acids is 2. The minimum absolute atomic E-state index is 0.244. The summed E-state index contributed by atoms with van der Waals surface area (Å²) >= 11 is 0. The molecule has 0 saturated carbocycles. The molecular weight excluding hydrogens is 472 g/mol. The van der Waals surface area contributed by atoms with Crippen molar-refractivity contribution in [2.45, 2.75) is 37.2 Å². The monoisotopic (exact) mass is 500 g/mol. The summed E-state index contributed by atoms with van der Waals surface area (Å²) in [7, 11) is 2.82. The maximum Gasteiger partial charge on any atom is 0.337 e. The Kier molecular flexibility index (Phi) is 7.57. The van der Waals surface area contributed by atoms with Crippen LogP contribution in [0.4, 0.5) is 0 Å². The molecule has 1 amide bonds. The molecule has 1 aliphatic rings. The van der Waals surface area contributed by atoms with E-state index in [0.717, 1.165) is 11.1 Å². The van der Waals surface area contributed by atoms with Crippen LogP contribution in [-0.2, 0) is 16.0 Å². The van der Waals surface area contributed by atoms with Gasteiger partial charge < -0.3 is 44.5 Å². The van der Waals surface area contributed by atoms with Crippen molar-refractivity contribution < 1.29 is 44.2 Å². The van der Waals surface area contributed by atoms with Crippen LogP contribution in [0.3, 0.4) is 0 Å². The van der Waals surface area contributed by atoms with Gasteiger partial charge in [0.15, 0.2) is 6.29 Å². The van der Waals surface area contributed by atoms with Crippen LogP contribution in [0.1, 0.15) is 26.3 Å². The van der Waals surface area contributed by atoms with Crippen LogP contribution in [0.2, 0.25) is 0 Å². The Labute approximate surface area is 206 Å². The second kappa shape index (κ2) is 10.6. The summed E-state index contributed by atoms with van der Waals surface area (Å²) in [5.41, 5.74) is 2.25. The minimum Gasteiger partial charge on any atom is -0.497 e. The number of aliphatic hydroxyl groups excluding tert-OH is 4. The van der Waals surface area contributed by atoms with Crippen LogP contribution in [0.5, 0.6) is 5.75 Å². The van der Waals surface area contributed by atoms with Crippen molar-refractivity contribution in [3.63, 3.8) is 0 Å². The number of amides is 1. The summed E-state index contributed by atoms with van der Waals surface area (Å²) in [6, 6.07) is 10.8. The number of methoxy groups -OCH3 is 2. The number of nitrogens with one attached hydrogen (secondary N) is 1. The summed E-state index contributed by atoms with van der Waals surface area (Å²) in [5.74, 6) is -0.529. The number of fused-ring (bicyclic) bond motifs is 1. The number of hydrogen-bond acceptors (Lipinski definition) is 9. The number of hydrogen-bond donors (Lipinski definition) is 5. The predicted octanol–water partition coefficient (Wildman–Crippen LogP) is 0.0145. The number of ether oxygens (including phenoxy) is 3. The summed E-state index contributed by atoms with van der Waals surface area (Å²) < 4.78 is 17.0. The van der Waals surface area contributed by atoms with E-state index < -0.39 is 49.1 Å². The van der Waals surface area contributed by atoms with Gasteiger partial charge in [-0.25, -0.2) is 4.79 Å². The lowest BCUT2D eigenvalue weighted by Gasteiger charge is -2.40. The van der Waals surface area contributed by atoms with Gasteiger partial charge in [0.25, 0.3) is 5.91 Å². The van der Waals surface area contributed by atoms with Gasteiger partial charge in [-0.2, -0.15) is 0 Å². The van der Waals surface area contributed by atoms with Crippen molar-refractivity contribution >= 4 is 22.8 Å². The summed E-state index contributed by atoms with van der Waals surface area (Å²) in [6.45, 7) is -0.226. The number of aromatic nitrogens is 1. The number of esters is 1. The third-order valence-electron chi connectivity index (χ3n) is 6.26. The van der Waals surface area contributed by atoms with E-state index in [4.69, 9.17) is 14.2 Å². The first-order valence-electron chi connectivity index (χ1n) is 11.2. The van der Waals surface area contributed by atoms with E-state index in [1.807, 2.05) is 4.57 Å². The molecule has 1 aromatic heterocycles. The fourth-order valence-corrected chi connectivity index (χ4v) is 4.26. The van der Waals surface area contributed by atoms with Gasteiger partial charge in [0.1, 0.15) is 30.1 Å². The molecule has 11 nitrogen and oxygen atoms in total. The van der Waals surface area contributed by atoms with Gasteiger partial charge in [0, 0.05) is 23.6 Å². The second-order valence-corrected chi connectivity index (χ2v) is 8.47. The fraction of sp³-hybridized carbons (Fsp3) is 0.360. The van der Waals surface area contributed by atoms with Crippen LogP contribution in [-0.4, -0.2) is 88.3 Å². The number of aliphatic hydroxyl groups is 4. The lowest BCUT2D eigenvalue weighted by atomic mass is 9.96. The number of rotatable bonds is 7. The molecule has 5 atom stereocenters. The lowest BCUT2D eigenvalue weighted by molar-refractivity contribution is -0.252. The first-order valence-corrected chi connectivity index (χ1v) is 11.2. The topological polar surface area (TPSA) is 160 Å². The molecule has 36 heavy (non-hydrogen) atoms. The average molecular weight is 501 g/mol. The zero-order chi connectivity index (χ0) is 26.0. The molecule has 1 aliphatic heterocycles. The molecule has 2 aromatic carbocycles. The Morgan fingerprint density at radius 3 is 2.42 bits per heavy atom. The van der Waals surface area contributed by atoms with E-state index in [1.165, 1.54) is 14.2 Å². The molecule has 192 valence electrons. The van der Waals surface area contributed by atoms with Gasteiger partial charge in [0.2, 0.25) is 0 Å². The lowest BCUT2D eigenvalue weighted by Crippen LogP contribution is -2.64. The Balaban J connectivity index is 1.64. The van der Waals surface area contributed by atoms with Crippen LogP contribution in [0.15, 0.2) is 48.7 Å². The Bertz CT molecular complexity index is 1240. The van der Waals surface area contributed by atoms with Crippen molar-refractivity contribution in [1.29, 1.82) is 0 Å². The SMILES string of the molecule is COC(=O)c1ccc(Cn2cc(C(=O)N[C@H]3C(O)OC(CO)[C@@H](O)[C@@H]3O)c3cc(OC)ccc32)cc1. The zero-order valence-electron chi connectivity index (χ0n) is 19.7. The van der Waals surface area contributed by atoms with E-state index in [-0.39, 0.29) is 5.56 Å². The molecular formula is C25H28N2O9. The van der Waals surface area contributed by atoms with Crippen molar-refractivity contribution in [2.75, 3.05) is 20.8 Å². The highest BCUT2D eigenvalue weighted by Gasteiger charge is 2.44. The molecule has 2 unspecified atom stereocenters. The largest absolute Gasteiger partial charge is 0.497 e. The molecule has 0 spiro atoms. The Morgan fingerprint density at radius 1 is 1.06 bits per heavy atom. The first-order chi connectivity index (χ1) is 17.3. The number of carbonyl (C=O) groups is 2. The number of nitrogens with zero attached hydrogens (tertiary/aromatic N) is 1. The molecule has 0 radical (unpaired) electrons. The molecule has 0 aliphatic carbocycles. The first kappa shape index (κ1) is 25.6. The van der Waals surface area contributed by atoms with Crippen molar-refractivity contribution in [3.8, 4) is 5.75 Å². The standard InChI is InChI=1S/C25H28N2O9/c1-34-15-7-8-18-16(9-15)17(11-27(18)10-13-3-5-14(6-4-13)24(32)35-2)23(31)26-20-22(30)21(29)19(12-28)36-25(20)33/h3-9,11,19-22,25,28-30,33H,10,12H2,1-2H3,(H,26,31)/t19?,20-,21-,22-,25?/m1/s1. The van der Waals surface area contributed by atoms with Crippen LogP contribution in [0, 0.1) is 0 Å². The maximum atomic E-state index is 13.3. The molecule has 5 N–H and O–H groups in total. The van der Waals surface area contributed by atoms with Gasteiger partial charge >= 0.3 is 5.97 Å². The highest BCUT2D eigenvalue weighted by molar-refractivity contribution is 6.07. The smallest absolute Gasteiger partial charge is 0.337 e. The van der Waals surface area contributed by atoms with E-state index in [2.05, 4.69) is 5.32 Å². The molecule has 1 saturated heterocycles. The Hall–Kier alpha value is -3.48. The Morgan fingerprint density at radius 2 is 1.78 bits per heavy atom. The molecule has 3 aromatic rings. The van der Waals surface area contributed by atoms with Crippen LogP contribution in [0.25, 0.3) is 10.9 Å². The highest BCUT2D eigenvalue weighted by Crippen LogP contribution is 2.28. The fourth-order valence-electron chi connectivity index (χ4n) is 4.26. The molecule has 11 heteroatoms. The number of benzene rings is 2. The third kappa shape index (κ3) is 4.92. The average Bonchev–Trinajstić information content (AvgIpc) is 3.25. The van der Waals surface area contributed by atoms with Gasteiger partial charge in [-0.05, 0) is 35.9 Å². The second-order valence-electron chi connectivity index (χ2n) is 8.47. The zero-order valence-corrected chi connectivity index (χ0v) is 19.7. The maximum absolute atomic E-state index is 13.3. The van der Waals surface area contributed by atoms with Crippen LogP contribution < -0.4 is 10.1 Å². The van der Waals surface area contributed by atoms with Gasteiger partial charge in [-0.3, -0.25) is 4.79 Å². The van der Waals surface area contributed by atoms with Crippen molar-refractivity contribution in [2.24, 2.45) is 0 Å². The van der Waals surface area contributed by atoms with E-state index >= 15 is 0 Å². The van der Waals surface area contributed by atoms with Crippen LogP contribution >= 0.6 is 0 Å². The minimum atomic E-state index is -1.64. The quantitative estimate of drug-likeness (QED) is 0.282. The summed E-state index contributed by atoms with van der Waals surface area (Å²) in [6.07, 6.45) is -4.26. The van der Waals surface area contributed by atoms with Crippen molar-refractivity contribution in [1.82, 2.24) is 9.88 Å². The van der Waals surface area contributed by atoms with Gasteiger partial charge in [-0.1, -0.05) is 12.1 Å². The molecule has 2 heterocycles. The highest BCUT2D eigenvalue weighted by atomic mass is 16.6. The summed E-state index contributed by atoms with van der Waals surface area (Å²) in [4.78, 5) is 25.0. The van der Waals surface area contributed by atoms with Gasteiger partial charge in [-0.15, -0.1) is 0 Å². The van der Waals surface area contributed by atoms with Crippen molar-refractivity contribution in [3.05, 3.63) is 65.4 Å². The van der Waals surface area contributed by atoms with Gasteiger partial charge in [0.05, 0.1) is 32.0 Å². The molecule has 0 bridgehead atoms. The predicted molar refractivity (Wildman–Crippen MR) is 127 cm³/mol.